The Balaban J connectivity index is 1.60. The third-order valence-electron chi connectivity index (χ3n) is 3.13. The lowest BCUT2D eigenvalue weighted by atomic mass is 10.2. The average molecular weight is 326 g/mol. The Morgan fingerprint density at radius 1 is 1.22 bits per heavy atom. The summed E-state index contributed by atoms with van der Waals surface area (Å²) in [7, 11) is 0. The number of hydrogen-bond donors (Lipinski definition) is 2. The molecule has 3 aromatic rings. The summed E-state index contributed by atoms with van der Waals surface area (Å²) in [5.74, 6) is 0.540. The molecular formula is C16H14N4O2S. The summed E-state index contributed by atoms with van der Waals surface area (Å²) in [5.41, 5.74) is 3.92. The lowest BCUT2D eigenvalue weighted by Crippen LogP contribution is -2.13. The maximum Gasteiger partial charge on any atom is 0.224 e. The van der Waals surface area contributed by atoms with Gasteiger partial charge in [0.25, 0.3) is 0 Å². The van der Waals surface area contributed by atoms with Gasteiger partial charge in [0.2, 0.25) is 5.91 Å². The van der Waals surface area contributed by atoms with Crippen LogP contribution in [0.4, 0.5) is 5.69 Å². The minimum absolute atomic E-state index is 0.105. The van der Waals surface area contributed by atoms with Crippen LogP contribution in [0.2, 0.25) is 0 Å². The van der Waals surface area contributed by atoms with Gasteiger partial charge in [0.15, 0.2) is 5.82 Å². The van der Waals surface area contributed by atoms with Crippen LogP contribution in [0.3, 0.4) is 0 Å². The van der Waals surface area contributed by atoms with Crippen molar-refractivity contribution in [3.8, 4) is 17.1 Å². The molecule has 0 bridgehead atoms. The number of phenols is 1. The van der Waals surface area contributed by atoms with E-state index in [0.29, 0.717) is 29.9 Å². The fourth-order valence-corrected chi connectivity index (χ4v) is 2.61. The molecule has 0 aliphatic carbocycles. The van der Waals surface area contributed by atoms with Crippen LogP contribution in [0.5, 0.6) is 5.75 Å². The molecule has 116 valence electrons. The Kier molecular flexibility index (Phi) is 4.58. The molecule has 0 radical (unpaired) electrons. The van der Waals surface area contributed by atoms with Crippen molar-refractivity contribution < 1.29 is 9.90 Å². The number of aromatic nitrogens is 3. The molecule has 0 aliphatic heterocycles. The van der Waals surface area contributed by atoms with Crippen LogP contribution in [0.1, 0.15) is 12.1 Å². The minimum atomic E-state index is -0.105. The number of amides is 1. The van der Waals surface area contributed by atoms with Gasteiger partial charge in [-0.05, 0) is 18.6 Å². The van der Waals surface area contributed by atoms with E-state index in [9.17, 15) is 9.90 Å². The topological polar surface area (TPSA) is 88.0 Å². The molecule has 0 saturated heterocycles. The molecule has 0 saturated carbocycles. The standard InChI is InChI=1S/C16H14N4O2S/c21-14-3-1-2-11(6-14)16-17-7-13(8-18-16)20-15(22)5-4-12-9-23-10-19-12/h1-3,6-10,21H,4-5H2,(H,20,22). The number of phenolic OH excluding ortho intramolecular Hbond substituents is 1. The lowest BCUT2D eigenvalue weighted by Gasteiger charge is -2.05. The van der Waals surface area contributed by atoms with Gasteiger partial charge in [-0.3, -0.25) is 4.79 Å². The highest BCUT2D eigenvalue weighted by molar-refractivity contribution is 7.07. The second-order valence-corrected chi connectivity index (χ2v) is 5.59. The lowest BCUT2D eigenvalue weighted by molar-refractivity contribution is -0.116. The van der Waals surface area contributed by atoms with E-state index in [-0.39, 0.29) is 11.7 Å². The first-order chi connectivity index (χ1) is 11.2. The van der Waals surface area contributed by atoms with E-state index >= 15 is 0 Å². The Hall–Kier alpha value is -2.80. The smallest absolute Gasteiger partial charge is 0.224 e. The van der Waals surface area contributed by atoms with Crippen molar-refractivity contribution in [2.45, 2.75) is 12.8 Å². The molecule has 0 atom stereocenters. The van der Waals surface area contributed by atoms with Crippen LogP contribution in [0.15, 0.2) is 47.5 Å². The van der Waals surface area contributed by atoms with Gasteiger partial charge < -0.3 is 10.4 Å². The number of aromatic hydroxyl groups is 1. The first kappa shape index (κ1) is 15.1. The van der Waals surface area contributed by atoms with Crippen molar-refractivity contribution in [1.29, 1.82) is 0 Å². The summed E-state index contributed by atoms with van der Waals surface area (Å²) in [6.45, 7) is 0. The van der Waals surface area contributed by atoms with Gasteiger partial charge in [-0.1, -0.05) is 12.1 Å². The van der Waals surface area contributed by atoms with E-state index in [0.717, 1.165) is 5.69 Å². The monoisotopic (exact) mass is 326 g/mol. The van der Waals surface area contributed by atoms with Crippen LogP contribution in [0, 0.1) is 0 Å². The maximum absolute atomic E-state index is 11.9. The summed E-state index contributed by atoms with van der Waals surface area (Å²) in [6, 6.07) is 6.70. The quantitative estimate of drug-likeness (QED) is 0.752. The molecule has 23 heavy (non-hydrogen) atoms. The van der Waals surface area contributed by atoms with Crippen molar-refractivity contribution in [2.24, 2.45) is 0 Å². The molecule has 2 heterocycles. The largest absolute Gasteiger partial charge is 0.508 e. The summed E-state index contributed by atoms with van der Waals surface area (Å²) in [6.07, 6.45) is 4.07. The summed E-state index contributed by atoms with van der Waals surface area (Å²) in [5, 5.41) is 14.2. The number of hydrogen-bond acceptors (Lipinski definition) is 6. The maximum atomic E-state index is 11.9. The third kappa shape index (κ3) is 4.10. The fourth-order valence-electron chi connectivity index (χ4n) is 2.01. The van der Waals surface area contributed by atoms with Crippen LogP contribution >= 0.6 is 11.3 Å². The van der Waals surface area contributed by atoms with Crippen molar-refractivity contribution in [3.05, 3.63) is 53.2 Å². The molecule has 0 unspecified atom stereocenters. The number of aryl methyl sites for hydroxylation is 1. The number of nitrogens with zero attached hydrogens (tertiary/aromatic N) is 3. The molecule has 1 aromatic carbocycles. The van der Waals surface area contributed by atoms with E-state index < -0.39 is 0 Å². The number of carbonyl (C=O) groups excluding carboxylic acids is 1. The van der Waals surface area contributed by atoms with Crippen LogP contribution in [-0.4, -0.2) is 26.0 Å². The Morgan fingerprint density at radius 2 is 2.04 bits per heavy atom. The van der Waals surface area contributed by atoms with Crippen LogP contribution in [-0.2, 0) is 11.2 Å². The second kappa shape index (κ2) is 6.97. The Bertz CT molecular complexity index is 788. The van der Waals surface area contributed by atoms with Gasteiger partial charge in [-0.2, -0.15) is 0 Å². The van der Waals surface area contributed by atoms with Crippen molar-refractivity contribution >= 4 is 22.9 Å². The van der Waals surface area contributed by atoms with Gasteiger partial charge in [0.1, 0.15) is 5.75 Å². The van der Waals surface area contributed by atoms with E-state index in [2.05, 4.69) is 20.3 Å². The van der Waals surface area contributed by atoms with Crippen molar-refractivity contribution in [3.63, 3.8) is 0 Å². The van der Waals surface area contributed by atoms with Crippen molar-refractivity contribution in [2.75, 3.05) is 5.32 Å². The zero-order chi connectivity index (χ0) is 16.1. The first-order valence-electron chi connectivity index (χ1n) is 6.99. The number of anilines is 1. The molecule has 7 heteroatoms. The normalized spacial score (nSPS) is 10.4. The van der Waals surface area contributed by atoms with Crippen LogP contribution < -0.4 is 5.32 Å². The Labute approximate surface area is 136 Å². The molecule has 0 spiro atoms. The van der Waals surface area contributed by atoms with Gasteiger partial charge in [-0.15, -0.1) is 11.3 Å². The molecule has 2 aromatic heterocycles. The number of rotatable bonds is 5. The third-order valence-corrected chi connectivity index (χ3v) is 3.77. The van der Waals surface area contributed by atoms with Crippen molar-refractivity contribution in [1.82, 2.24) is 15.0 Å². The van der Waals surface area contributed by atoms with E-state index in [1.165, 1.54) is 11.3 Å². The molecule has 1 amide bonds. The number of benzene rings is 1. The highest BCUT2D eigenvalue weighted by Crippen LogP contribution is 2.20. The predicted molar refractivity (Wildman–Crippen MR) is 88.2 cm³/mol. The highest BCUT2D eigenvalue weighted by atomic mass is 32.1. The minimum Gasteiger partial charge on any atom is -0.508 e. The second-order valence-electron chi connectivity index (χ2n) is 4.87. The SMILES string of the molecule is O=C(CCc1cscn1)Nc1cnc(-c2cccc(O)c2)nc1. The van der Waals surface area contributed by atoms with Gasteiger partial charge in [0, 0.05) is 17.4 Å². The molecule has 3 rings (SSSR count). The summed E-state index contributed by atoms with van der Waals surface area (Å²) >= 11 is 1.52. The number of carbonyl (C=O) groups is 1. The summed E-state index contributed by atoms with van der Waals surface area (Å²) in [4.78, 5) is 24.4. The van der Waals surface area contributed by atoms with Gasteiger partial charge in [0.05, 0.1) is 29.3 Å². The van der Waals surface area contributed by atoms with E-state index in [1.54, 1.807) is 42.2 Å². The fraction of sp³-hybridized carbons (Fsp3) is 0.125. The zero-order valence-corrected chi connectivity index (χ0v) is 13.0. The Morgan fingerprint density at radius 3 is 2.74 bits per heavy atom. The van der Waals surface area contributed by atoms with Gasteiger partial charge in [-0.25, -0.2) is 15.0 Å². The highest BCUT2D eigenvalue weighted by Gasteiger charge is 2.06. The predicted octanol–water partition coefficient (Wildman–Crippen LogP) is 2.88. The summed E-state index contributed by atoms with van der Waals surface area (Å²) < 4.78 is 0. The number of nitrogens with one attached hydrogen (secondary N) is 1. The zero-order valence-electron chi connectivity index (χ0n) is 12.1. The average Bonchev–Trinajstić information content (AvgIpc) is 3.07. The molecule has 0 aliphatic rings. The molecule has 2 N–H and O–H groups in total. The first-order valence-corrected chi connectivity index (χ1v) is 7.93. The van der Waals surface area contributed by atoms with Crippen LogP contribution in [0.25, 0.3) is 11.4 Å². The van der Waals surface area contributed by atoms with E-state index in [4.69, 9.17) is 0 Å². The van der Waals surface area contributed by atoms with E-state index in [1.807, 2.05) is 5.38 Å². The molecule has 6 nitrogen and oxygen atoms in total. The molecular weight excluding hydrogens is 312 g/mol. The van der Waals surface area contributed by atoms with Gasteiger partial charge >= 0.3 is 0 Å². The molecule has 0 fully saturated rings. The number of thiazole rings is 1.